The third kappa shape index (κ3) is 4.02. The van der Waals surface area contributed by atoms with Crippen LogP contribution < -0.4 is 5.32 Å². The van der Waals surface area contributed by atoms with Crippen LogP contribution in [0.15, 0.2) is 18.7 Å². The molecule has 2 saturated heterocycles. The standard InChI is InChI=1S/C19H27N7O.2ClH/c1-2-26-16(11-24-8-5-20-12-24)22-23-18(26)13-3-6-25(7-4-13)19(27)17-14-9-21-10-15(14)17;;/h5,8,12-15,17,21H,2-4,6-7,9-11H2,1H3;2*1H/t14-,15+,17?;;. The number of nitrogens with one attached hydrogen (secondary N) is 1. The molecule has 0 aromatic carbocycles. The lowest BCUT2D eigenvalue weighted by Gasteiger charge is -2.32. The summed E-state index contributed by atoms with van der Waals surface area (Å²) in [6, 6.07) is 0. The number of halogens is 2. The first-order chi connectivity index (χ1) is 13.3. The van der Waals surface area contributed by atoms with E-state index >= 15 is 0 Å². The lowest BCUT2D eigenvalue weighted by atomic mass is 9.95. The summed E-state index contributed by atoms with van der Waals surface area (Å²) >= 11 is 0. The number of piperidine rings is 2. The van der Waals surface area contributed by atoms with Gasteiger partial charge in [-0.25, -0.2) is 4.98 Å². The van der Waals surface area contributed by atoms with E-state index in [0.717, 1.165) is 57.2 Å². The highest BCUT2D eigenvalue weighted by molar-refractivity contribution is 5.85. The predicted molar refractivity (Wildman–Crippen MR) is 113 cm³/mol. The number of aromatic nitrogens is 5. The van der Waals surface area contributed by atoms with Crippen molar-refractivity contribution in [3.63, 3.8) is 0 Å². The van der Waals surface area contributed by atoms with E-state index in [1.165, 1.54) is 0 Å². The third-order valence-corrected chi connectivity index (χ3v) is 6.60. The lowest BCUT2D eigenvalue weighted by molar-refractivity contribution is -0.134. The van der Waals surface area contributed by atoms with Crippen molar-refractivity contribution in [3.05, 3.63) is 30.4 Å². The maximum absolute atomic E-state index is 12.8. The summed E-state index contributed by atoms with van der Waals surface area (Å²) in [5.74, 6) is 4.33. The predicted octanol–water partition coefficient (Wildman–Crippen LogP) is 1.56. The molecule has 1 aliphatic carbocycles. The second-order valence-corrected chi connectivity index (χ2v) is 8.07. The number of nitrogens with zero attached hydrogens (tertiary/aromatic N) is 6. The summed E-state index contributed by atoms with van der Waals surface area (Å²) in [7, 11) is 0. The Balaban J connectivity index is 0.00000120. The van der Waals surface area contributed by atoms with Gasteiger partial charge in [0.2, 0.25) is 5.91 Å². The summed E-state index contributed by atoms with van der Waals surface area (Å²) in [4.78, 5) is 19.0. The first kappa shape index (κ1) is 22.1. The zero-order chi connectivity index (χ0) is 18.4. The van der Waals surface area contributed by atoms with Gasteiger partial charge in [-0.15, -0.1) is 35.0 Å². The Morgan fingerprint density at radius 1 is 1.17 bits per heavy atom. The average molecular weight is 442 g/mol. The van der Waals surface area contributed by atoms with Gasteiger partial charge in [0.1, 0.15) is 5.82 Å². The Morgan fingerprint density at radius 3 is 2.52 bits per heavy atom. The van der Waals surface area contributed by atoms with Crippen molar-refractivity contribution in [2.45, 2.75) is 38.8 Å². The molecule has 5 rings (SSSR count). The van der Waals surface area contributed by atoms with Gasteiger partial charge in [0.05, 0.1) is 12.9 Å². The van der Waals surface area contributed by atoms with E-state index < -0.39 is 0 Å². The summed E-state index contributed by atoms with van der Waals surface area (Å²) in [5.41, 5.74) is 0. The quantitative estimate of drug-likeness (QED) is 0.760. The molecule has 0 bridgehead atoms. The molecular weight excluding hydrogens is 413 g/mol. The molecule has 29 heavy (non-hydrogen) atoms. The molecule has 3 atom stereocenters. The molecule has 2 aromatic heterocycles. The normalized spacial score (nSPS) is 25.8. The van der Waals surface area contributed by atoms with Crippen LogP contribution in [0.5, 0.6) is 0 Å². The highest BCUT2D eigenvalue weighted by atomic mass is 35.5. The Morgan fingerprint density at radius 2 is 1.90 bits per heavy atom. The summed E-state index contributed by atoms with van der Waals surface area (Å²) in [6.45, 7) is 7.44. The van der Waals surface area contributed by atoms with Crippen LogP contribution >= 0.6 is 24.8 Å². The molecule has 3 aliphatic rings. The first-order valence-corrected chi connectivity index (χ1v) is 10.1. The van der Waals surface area contributed by atoms with Crippen LogP contribution in [0.2, 0.25) is 0 Å². The maximum Gasteiger partial charge on any atom is 0.226 e. The van der Waals surface area contributed by atoms with Gasteiger partial charge in [-0.3, -0.25) is 4.79 Å². The SMILES string of the molecule is CCn1c(Cn2ccnc2)nnc1C1CCN(C(=O)C2[C@H]3CNC[C@@H]23)CC1.Cl.Cl. The topological polar surface area (TPSA) is 80.9 Å². The van der Waals surface area contributed by atoms with Gasteiger partial charge in [-0.1, -0.05) is 0 Å². The summed E-state index contributed by atoms with van der Waals surface area (Å²) in [5, 5.41) is 12.3. The fourth-order valence-corrected chi connectivity index (χ4v) is 5.01. The third-order valence-electron chi connectivity index (χ3n) is 6.60. The summed E-state index contributed by atoms with van der Waals surface area (Å²) < 4.78 is 4.25. The van der Waals surface area contributed by atoms with Crippen LogP contribution in [-0.2, 0) is 17.9 Å². The van der Waals surface area contributed by atoms with Crippen molar-refractivity contribution in [3.8, 4) is 0 Å². The van der Waals surface area contributed by atoms with Crippen LogP contribution in [0.4, 0.5) is 0 Å². The number of fused-ring (bicyclic) bond motifs is 1. The van der Waals surface area contributed by atoms with Gasteiger partial charge in [-0.05, 0) is 44.7 Å². The van der Waals surface area contributed by atoms with E-state index in [1.807, 2.05) is 10.8 Å². The van der Waals surface area contributed by atoms with E-state index in [0.29, 0.717) is 36.1 Å². The van der Waals surface area contributed by atoms with Gasteiger partial charge in [0, 0.05) is 43.9 Å². The maximum atomic E-state index is 12.8. The van der Waals surface area contributed by atoms with Gasteiger partial charge < -0.3 is 19.4 Å². The molecule has 2 aliphatic heterocycles. The Kier molecular flexibility index (Phi) is 6.86. The minimum Gasteiger partial charge on any atom is -0.342 e. The monoisotopic (exact) mass is 441 g/mol. The molecule has 160 valence electrons. The molecule has 0 radical (unpaired) electrons. The molecule has 2 aromatic rings. The Hall–Kier alpha value is -1.64. The fourth-order valence-electron chi connectivity index (χ4n) is 5.01. The van der Waals surface area contributed by atoms with Crippen molar-refractivity contribution in [1.29, 1.82) is 0 Å². The number of hydrogen-bond acceptors (Lipinski definition) is 5. The molecule has 1 unspecified atom stereocenters. The largest absolute Gasteiger partial charge is 0.342 e. The van der Waals surface area contributed by atoms with E-state index in [4.69, 9.17) is 0 Å². The van der Waals surface area contributed by atoms with Gasteiger partial charge in [0.25, 0.3) is 0 Å². The first-order valence-electron chi connectivity index (χ1n) is 10.1. The van der Waals surface area contributed by atoms with E-state index in [9.17, 15) is 4.79 Å². The van der Waals surface area contributed by atoms with E-state index in [1.54, 1.807) is 12.5 Å². The van der Waals surface area contributed by atoms with Crippen LogP contribution in [0, 0.1) is 17.8 Å². The van der Waals surface area contributed by atoms with Crippen LogP contribution in [0.3, 0.4) is 0 Å². The number of likely N-dealkylation sites (tertiary alicyclic amines) is 1. The molecule has 1 N–H and O–H groups in total. The molecule has 4 heterocycles. The van der Waals surface area contributed by atoms with Gasteiger partial charge >= 0.3 is 0 Å². The van der Waals surface area contributed by atoms with Crippen LogP contribution in [0.25, 0.3) is 0 Å². The molecule has 1 saturated carbocycles. The molecule has 0 spiro atoms. The lowest BCUT2D eigenvalue weighted by Crippen LogP contribution is -2.40. The van der Waals surface area contributed by atoms with Crippen LogP contribution in [0.1, 0.15) is 37.3 Å². The van der Waals surface area contributed by atoms with Gasteiger partial charge in [0.15, 0.2) is 5.82 Å². The molecular formula is C19H29Cl2N7O. The number of amides is 1. The number of carbonyl (C=O) groups is 1. The van der Waals surface area contributed by atoms with Gasteiger partial charge in [-0.2, -0.15) is 0 Å². The highest BCUT2D eigenvalue weighted by Crippen LogP contribution is 2.50. The summed E-state index contributed by atoms with van der Waals surface area (Å²) in [6.07, 6.45) is 7.50. The molecule has 8 nitrogen and oxygen atoms in total. The van der Waals surface area contributed by atoms with Crippen molar-refractivity contribution in [2.75, 3.05) is 26.2 Å². The highest BCUT2D eigenvalue weighted by Gasteiger charge is 2.57. The number of rotatable bonds is 5. The second kappa shape index (κ2) is 9.02. The van der Waals surface area contributed by atoms with Crippen molar-refractivity contribution in [1.82, 2.24) is 34.5 Å². The Labute approximate surface area is 183 Å². The number of imidazole rings is 1. The Bertz CT molecular complexity index is 807. The fraction of sp³-hybridized carbons (Fsp3) is 0.684. The van der Waals surface area contributed by atoms with E-state index in [2.05, 4.69) is 36.9 Å². The number of hydrogen-bond donors (Lipinski definition) is 1. The molecule has 10 heteroatoms. The van der Waals surface area contributed by atoms with Crippen molar-refractivity contribution >= 4 is 30.7 Å². The van der Waals surface area contributed by atoms with E-state index in [-0.39, 0.29) is 24.8 Å². The van der Waals surface area contributed by atoms with Crippen molar-refractivity contribution in [2.24, 2.45) is 17.8 Å². The van der Waals surface area contributed by atoms with Crippen LogP contribution in [-0.4, -0.2) is 61.3 Å². The zero-order valence-corrected chi connectivity index (χ0v) is 18.2. The number of carbonyl (C=O) groups excluding carboxylic acids is 1. The molecule has 3 fully saturated rings. The smallest absolute Gasteiger partial charge is 0.226 e. The van der Waals surface area contributed by atoms with Crippen molar-refractivity contribution < 1.29 is 4.79 Å². The zero-order valence-electron chi connectivity index (χ0n) is 16.6. The molecule has 1 amide bonds. The average Bonchev–Trinajstić information content (AvgIpc) is 3.19. The minimum atomic E-state index is 0. The second-order valence-electron chi connectivity index (χ2n) is 8.07. The minimum absolute atomic E-state index is 0.